The Morgan fingerprint density at radius 2 is 1.63 bits per heavy atom. The van der Waals surface area contributed by atoms with Crippen LogP contribution in [0.3, 0.4) is 0 Å². The number of carboxylic acids is 2. The number of benzene rings is 1. The minimum Gasteiger partial charge on any atom is -0.507 e. The minimum atomic E-state index is -1.11. The van der Waals surface area contributed by atoms with Crippen LogP contribution >= 0.6 is 45.2 Å². The molecule has 0 aromatic heterocycles. The number of aliphatic carboxylic acids is 2. The van der Waals surface area contributed by atoms with Crippen molar-refractivity contribution in [3.63, 3.8) is 0 Å². The first kappa shape index (κ1) is 16.4. The summed E-state index contributed by atoms with van der Waals surface area (Å²) in [6, 6.07) is 3.48. The van der Waals surface area contributed by atoms with Crippen LogP contribution in [-0.2, 0) is 16.1 Å². The second kappa shape index (κ2) is 7.24. The normalized spacial score (nSPS) is 10.7. The third kappa shape index (κ3) is 5.48. The maximum Gasteiger partial charge on any atom is 0.317 e. The molecule has 0 saturated heterocycles. The molecule has 0 bridgehead atoms. The van der Waals surface area contributed by atoms with Crippen molar-refractivity contribution >= 4 is 57.1 Å². The van der Waals surface area contributed by atoms with E-state index in [1.807, 2.05) is 22.6 Å². The first-order valence-electron chi connectivity index (χ1n) is 5.12. The lowest BCUT2D eigenvalue weighted by molar-refractivity contribution is -0.142. The van der Waals surface area contributed by atoms with Crippen LogP contribution in [0.4, 0.5) is 0 Å². The maximum atomic E-state index is 10.7. The van der Waals surface area contributed by atoms with Gasteiger partial charge in [0.05, 0.1) is 16.7 Å². The fourth-order valence-corrected chi connectivity index (χ4v) is 3.50. The SMILES string of the molecule is O=C(O)CN(CC(=O)O)Cc1cc(I)cc(I)c1O. The molecule has 1 aromatic rings. The zero-order valence-electron chi connectivity index (χ0n) is 9.64. The van der Waals surface area contributed by atoms with E-state index in [1.54, 1.807) is 12.1 Å². The van der Waals surface area contributed by atoms with Gasteiger partial charge in [-0.3, -0.25) is 14.5 Å². The molecule has 6 nitrogen and oxygen atoms in total. The molecule has 1 rings (SSSR count). The molecular formula is C11H11I2NO5. The topological polar surface area (TPSA) is 98.1 Å². The van der Waals surface area contributed by atoms with Gasteiger partial charge in [0.2, 0.25) is 0 Å². The first-order chi connectivity index (χ1) is 8.79. The summed E-state index contributed by atoms with van der Waals surface area (Å²) in [4.78, 5) is 22.6. The summed E-state index contributed by atoms with van der Waals surface area (Å²) in [5.41, 5.74) is 0.513. The van der Waals surface area contributed by atoms with Gasteiger partial charge in [-0.15, -0.1) is 0 Å². The van der Waals surface area contributed by atoms with E-state index < -0.39 is 25.0 Å². The maximum absolute atomic E-state index is 10.7. The molecule has 8 heteroatoms. The fraction of sp³-hybridized carbons (Fsp3) is 0.273. The Hall–Kier alpha value is -0.620. The van der Waals surface area contributed by atoms with E-state index in [1.165, 1.54) is 4.90 Å². The van der Waals surface area contributed by atoms with Crippen molar-refractivity contribution in [2.24, 2.45) is 0 Å². The van der Waals surface area contributed by atoms with Gasteiger partial charge in [-0.05, 0) is 57.3 Å². The van der Waals surface area contributed by atoms with Gasteiger partial charge in [-0.25, -0.2) is 0 Å². The Morgan fingerprint density at radius 3 is 2.11 bits per heavy atom. The average molecular weight is 491 g/mol. The van der Waals surface area contributed by atoms with E-state index in [2.05, 4.69) is 22.6 Å². The van der Waals surface area contributed by atoms with E-state index in [0.29, 0.717) is 9.13 Å². The molecule has 0 unspecified atom stereocenters. The van der Waals surface area contributed by atoms with E-state index >= 15 is 0 Å². The fourth-order valence-electron chi connectivity index (χ4n) is 1.53. The van der Waals surface area contributed by atoms with Crippen LogP contribution in [0.15, 0.2) is 12.1 Å². The summed E-state index contributed by atoms with van der Waals surface area (Å²) in [6.07, 6.45) is 0. The highest BCUT2D eigenvalue weighted by Crippen LogP contribution is 2.27. The van der Waals surface area contributed by atoms with Crippen LogP contribution in [0.1, 0.15) is 5.56 Å². The second-order valence-electron chi connectivity index (χ2n) is 3.83. The molecule has 0 heterocycles. The molecule has 0 radical (unpaired) electrons. The van der Waals surface area contributed by atoms with Gasteiger partial charge in [-0.1, -0.05) is 0 Å². The van der Waals surface area contributed by atoms with Crippen LogP contribution in [0.25, 0.3) is 0 Å². The predicted octanol–water partition coefficient (Wildman–Crippen LogP) is 1.57. The summed E-state index contributed by atoms with van der Waals surface area (Å²) in [5, 5.41) is 27.4. The lowest BCUT2D eigenvalue weighted by atomic mass is 10.2. The van der Waals surface area contributed by atoms with Gasteiger partial charge in [0.15, 0.2) is 0 Å². The Kier molecular flexibility index (Phi) is 6.26. The van der Waals surface area contributed by atoms with Crippen LogP contribution in [-0.4, -0.2) is 45.2 Å². The Bertz CT molecular complexity index is 490. The third-order valence-corrected chi connectivity index (χ3v) is 3.66. The molecule has 3 N–H and O–H groups in total. The molecule has 0 atom stereocenters. The molecule has 0 aliphatic rings. The van der Waals surface area contributed by atoms with Crippen molar-refractivity contribution in [3.05, 3.63) is 24.8 Å². The Morgan fingerprint density at radius 1 is 1.11 bits per heavy atom. The summed E-state index contributed by atoms with van der Waals surface area (Å²) in [7, 11) is 0. The molecule has 0 aliphatic carbocycles. The number of rotatable bonds is 6. The molecule has 0 spiro atoms. The van der Waals surface area contributed by atoms with Gasteiger partial charge >= 0.3 is 11.9 Å². The van der Waals surface area contributed by atoms with Gasteiger partial charge in [0, 0.05) is 15.7 Å². The highest BCUT2D eigenvalue weighted by molar-refractivity contribution is 14.1. The second-order valence-corrected chi connectivity index (χ2v) is 6.24. The average Bonchev–Trinajstić information content (AvgIpc) is 2.23. The van der Waals surface area contributed by atoms with Crippen molar-refractivity contribution in [1.82, 2.24) is 4.90 Å². The minimum absolute atomic E-state index is 0.0572. The van der Waals surface area contributed by atoms with Crippen molar-refractivity contribution < 1.29 is 24.9 Å². The summed E-state index contributed by atoms with van der Waals surface area (Å²) < 4.78 is 1.53. The van der Waals surface area contributed by atoms with Crippen molar-refractivity contribution in [3.8, 4) is 5.75 Å². The van der Waals surface area contributed by atoms with Gasteiger partial charge in [0.25, 0.3) is 0 Å². The van der Waals surface area contributed by atoms with Gasteiger partial charge in [0.1, 0.15) is 5.75 Å². The molecule has 19 heavy (non-hydrogen) atoms. The largest absolute Gasteiger partial charge is 0.507 e. The highest BCUT2D eigenvalue weighted by Gasteiger charge is 2.17. The van der Waals surface area contributed by atoms with E-state index in [4.69, 9.17) is 10.2 Å². The van der Waals surface area contributed by atoms with Crippen LogP contribution in [0.5, 0.6) is 5.75 Å². The molecule has 0 aliphatic heterocycles. The predicted molar refractivity (Wildman–Crippen MR) is 84.1 cm³/mol. The van der Waals surface area contributed by atoms with E-state index in [-0.39, 0.29) is 12.3 Å². The number of carbonyl (C=O) groups is 2. The number of hydrogen-bond acceptors (Lipinski definition) is 4. The highest BCUT2D eigenvalue weighted by atomic mass is 127. The lowest BCUT2D eigenvalue weighted by Gasteiger charge is -2.19. The van der Waals surface area contributed by atoms with Gasteiger partial charge in [-0.2, -0.15) is 0 Å². The van der Waals surface area contributed by atoms with Crippen LogP contribution in [0.2, 0.25) is 0 Å². The lowest BCUT2D eigenvalue weighted by Crippen LogP contribution is -2.34. The van der Waals surface area contributed by atoms with E-state index in [9.17, 15) is 14.7 Å². The molecular weight excluding hydrogens is 480 g/mol. The number of hydrogen-bond donors (Lipinski definition) is 3. The number of halogens is 2. The van der Waals surface area contributed by atoms with Crippen molar-refractivity contribution in [2.45, 2.75) is 6.54 Å². The monoisotopic (exact) mass is 491 g/mol. The summed E-state index contributed by atoms with van der Waals surface area (Å²) in [6.45, 7) is -0.723. The molecule has 0 amide bonds. The Balaban J connectivity index is 2.95. The molecule has 1 aromatic carbocycles. The summed E-state index contributed by atoms with van der Waals surface area (Å²) in [5.74, 6) is -2.16. The number of nitrogens with zero attached hydrogens (tertiary/aromatic N) is 1. The zero-order valence-corrected chi connectivity index (χ0v) is 14.0. The molecule has 104 valence electrons. The van der Waals surface area contributed by atoms with Crippen LogP contribution < -0.4 is 0 Å². The molecule has 0 saturated carbocycles. The third-order valence-electron chi connectivity index (χ3n) is 2.22. The van der Waals surface area contributed by atoms with Gasteiger partial charge < -0.3 is 15.3 Å². The quantitative estimate of drug-likeness (QED) is 0.524. The standard InChI is InChI=1S/C11H11I2NO5/c12-7-1-6(11(19)8(13)2-7)3-14(4-9(15)16)5-10(17)18/h1-2,19H,3-5H2,(H,15,16)(H,17,18). The van der Waals surface area contributed by atoms with Crippen molar-refractivity contribution in [2.75, 3.05) is 13.1 Å². The van der Waals surface area contributed by atoms with E-state index in [0.717, 1.165) is 3.57 Å². The number of aromatic hydroxyl groups is 1. The smallest absolute Gasteiger partial charge is 0.317 e. The summed E-state index contributed by atoms with van der Waals surface area (Å²) >= 11 is 4.05. The number of phenols is 1. The zero-order chi connectivity index (χ0) is 14.6. The van der Waals surface area contributed by atoms with Crippen LogP contribution in [0, 0.1) is 7.14 Å². The number of phenolic OH excluding ortho intramolecular Hbond substituents is 1. The van der Waals surface area contributed by atoms with Crippen molar-refractivity contribution in [1.29, 1.82) is 0 Å². The molecule has 0 fully saturated rings. The Labute approximate surface area is 136 Å². The first-order valence-corrected chi connectivity index (χ1v) is 7.28. The number of carboxylic acid groups (broad SMARTS) is 2.